The molecule has 0 aliphatic rings. The fraction of sp³-hybridized carbons (Fsp3) is 0.321. The molecule has 0 unspecified atom stereocenters. The van der Waals surface area contributed by atoms with Crippen molar-refractivity contribution < 1.29 is 19.1 Å². The first-order chi connectivity index (χ1) is 19.0. The minimum atomic E-state index is -0.497. The lowest BCUT2D eigenvalue weighted by molar-refractivity contribution is -0.113. The van der Waals surface area contributed by atoms with Gasteiger partial charge in [0, 0.05) is 17.3 Å². The topological polar surface area (TPSA) is 115 Å². The second kappa shape index (κ2) is 14.3. The molecular weight excluding hydrogens is 573 g/mol. The van der Waals surface area contributed by atoms with Crippen molar-refractivity contribution in [3.05, 3.63) is 82.1 Å². The maximum Gasteiger partial charge on any atom is 0.338 e. The number of thioether (sulfide) groups is 1. The maximum absolute atomic E-state index is 13.0. The summed E-state index contributed by atoms with van der Waals surface area (Å²) in [5.74, 6) is -0.613. The fourth-order valence-electron chi connectivity index (χ4n) is 3.69. The Kier molecular flexibility index (Phi) is 11.2. The van der Waals surface area contributed by atoms with Gasteiger partial charge in [0.05, 0.1) is 34.0 Å². The molecule has 0 radical (unpaired) electrons. The molecule has 2 aromatic carbocycles. The van der Waals surface area contributed by atoms with Gasteiger partial charge in [-0.1, -0.05) is 61.0 Å². The Balaban J connectivity index is 1.73. The second-order valence-electron chi connectivity index (χ2n) is 9.43. The minimum Gasteiger partial charge on any atom is -0.459 e. The number of ether oxygens (including phenoxy) is 1. The van der Waals surface area contributed by atoms with Crippen LogP contribution in [0.2, 0.25) is 10.0 Å². The van der Waals surface area contributed by atoms with Crippen LogP contribution in [-0.2, 0) is 16.1 Å². The van der Waals surface area contributed by atoms with Gasteiger partial charge in [-0.25, -0.2) is 4.79 Å². The van der Waals surface area contributed by atoms with Gasteiger partial charge < -0.3 is 19.9 Å². The number of rotatable bonds is 12. The van der Waals surface area contributed by atoms with Crippen molar-refractivity contribution in [3.8, 4) is 0 Å². The van der Waals surface area contributed by atoms with E-state index >= 15 is 0 Å². The van der Waals surface area contributed by atoms with E-state index in [-0.39, 0.29) is 34.6 Å². The molecule has 1 heterocycles. The highest BCUT2D eigenvalue weighted by atomic mass is 35.5. The van der Waals surface area contributed by atoms with Gasteiger partial charge in [0.25, 0.3) is 5.91 Å². The predicted octanol–water partition coefficient (Wildman–Crippen LogP) is 6.19. The van der Waals surface area contributed by atoms with Crippen molar-refractivity contribution in [2.24, 2.45) is 5.92 Å². The van der Waals surface area contributed by atoms with Crippen LogP contribution in [0.1, 0.15) is 60.3 Å². The van der Waals surface area contributed by atoms with Gasteiger partial charge in [-0.3, -0.25) is 9.59 Å². The number of carbonyl (C=O) groups is 3. The summed E-state index contributed by atoms with van der Waals surface area (Å²) >= 11 is 13.4. The van der Waals surface area contributed by atoms with Gasteiger partial charge in [0.15, 0.2) is 11.0 Å². The van der Waals surface area contributed by atoms with Gasteiger partial charge in [0.1, 0.15) is 0 Å². The quantitative estimate of drug-likeness (QED) is 0.144. The van der Waals surface area contributed by atoms with E-state index in [2.05, 4.69) is 27.4 Å². The number of nitrogens with zero attached hydrogens (tertiary/aromatic N) is 3. The number of halogens is 2. The molecule has 2 amide bonds. The lowest BCUT2D eigenvalue weighted by Gasteiger charge is -2.23. The number of benzene rings is 2. The van der Waals surface area contributed by atoms with Gasteiger partial charge >= 0.3 is 5.97 Å². The van der Waals surface area contributed by atoms with Gasteiger partial charge in [-0.2, -0.15) is 0 Å². The summed E-state index contributed by atoms with van der Waals surface area (Å²) < 4.78 is 7.02. The van der Waals surface area contributed by atoms with Crippen molar-refractivity contribution in [1.29, 1.82) is 0 Å². The zero-order valence-corrected chi connectivity index (χ0v) is 24.9. The van der Waals surface area contributed by atoms with E-state index in [0.29, 0.717) is 39.4 Å². The zero-order chi connectivity index (χ0) is 29.4. The highest BCUT2D eigenvalue weighted by molar-refractivity contribution is 7.99. The first-order valence-electron chi connectivity index (χ1n) is 12.5. The second-order valence-corrected chi connectivity index (χ2v) is 11.2. The van der Waals surface area contributed by atoms with Gasteiger partial charge in [-0.05, 0) is 56.2 Å². The molecule has 0 aliphatic carbocycles. The number of aromatic nitrogens is 3. The first-order valence-corrected chi connectivity index (χ1v) is 14.3. The molecule has 212 valence electrons. The Morgan fingerprint density at radius 3 is 2.50 bits per heavy atom. The molecule has 0 spiro atoms. The summed E-state index contributed by atoms with van der Waals surface area (Å²) in [6.45, 7) is 11.6. The number of hydrogen-bond donors (Lipinski definition) is 2. The third-order valence-corrected chi connectivity index (χ3v) is 7.04. The van der Waals surface area contributed by atoms with Crippen LogP contribution >= 0.6 is 35.0 Å². The molecule has 0 saturated heterocycles. The van der Waals surface area contributed by atoms with E-state index in [4.69, 9.17) is 27.9 Å². The third-order valence-electron chi connectivity index (χ3n) is 5.52. The lowest BCUT2D eigenvalue weighted by Crippen LogP contribution is -2.34. The molecule has 2 N–H and O–H groups in total. The van der Waals surface area contributed by atoms with Gasteiger partial charge in [0.2, 0.25) is 5.91 Å². The van der Waals surface area contributed by atoms with Crippen LogP contribution < -0.4 is 10.6 Å². The SMILES string of the molecule is C=CCn1c(SCC(=O)Nc2cccc(C(=O)OC(C)C)c2)nnc1[C@@H](NC(=O)c1ccc(Cl)cc1Cl)C(C)C. The molecule has 3 aromatic rings. The molecule has 0 aliphatic heterocycles. The monoisotopic (exact) mass is 603 g/mol. The Morgan fingerprint density at radius 2 is 1.85 bits per heavy atom. The highest BCUT2D eigenvalue weighted by Gasteiger charge is 2.27. The van der Waals surface area contributed by atoms with E-state index in [1.807, 2.05) is 18.4 Å². The number of carbonyl (C=O) groups excluding carboxylic acids is 3. The number of hydrogen-bond acceptors (Lipinski definition) is 7. The average Bonchev–Trinajstić information content (AvgIpc) is 3.27. The van der Waals surface area contributed by atoms with Crippen LogP contribution in [0.4, 0.5) is 5.69 Å². The molecule has 0 saturated carbocycles. The Bertz CT molecular complexity index is 1390. The van der Waals surface area contributed by atoms with Crippen LogP contribution in [-0.4, -0.2) is 44.4 Å². The summed E-state index contributed by atoms with van der Waals surface area (Å²) in [7, 11) is 0. The molecular formula is C28H31Cl2N5O4S. The van der Waals surface area contributed by atoms with Crippen molar-refractivity contribution in [2.45, 2.75) is 51.5 Å². The molecule has 12 heteroatoms. The predicted molar refractivity (Wildman–Crippen MR) is 158 cm³/mol. The zero-order valence-electron chi connectivity index (χ0n) is 22.6. The number of amides is 2. The standard InChI is InChI=1S/C28H31Cl2N5O4S/c1-6-12-35-25(24(16(2)3)32-26(37)21-11-10-19(29)14-22(21)30)33-34-28(35)40-15-23(36)31-20-9-7-8-18(13-20)27(38)39-17(4)5/h6-11,13-14,16-17,24H,1,12,15H2,2-5H3,(H,31,36)(H,32,37)/t24-/m0/s1. The molecule has 1 atom stereocenters. The number of allylic oxidation sites excluding steroid dienone is 1. The van der Waals surface area contributed by atoms with Crippen LogP contribution in [0.3, 0.4) is 0 Å². The van der Waals surface area contributed by atoms with E-state index < -0.39 is 12.0 Å². The minimum absolute atomic E-state index is 0.0367. The van der Waals surface area contributed by atoms with Crippen molar-refractivity contribution in [3.63, 3.8) is 0 Å². The summed E-state index contributed by atoms with van der Waals surface area (Å²) in [5, 5.41) is 15.6. The smallest absolute Gasteiger partial charge is 0.338 e. The molecule has 0 bridgehead atoms. The Hall–Kier alpha value is -3.34. The molecule has 0 fully saturated rings. The lowest BCUT2D eigenvalue weighted by atomic mass is 10.0. The first kappa shape index (κ1) is 31.2. The molecule has 3 rings (SSSR count). The highest BCUT2D eigenvalue weighted by Crippen LogP contribution is 2.27. The van der Waals surface area contributed by atoms with Crippen LogP contribution in [0.5, 0.6) is 0 Å². The van der Waals surface area contributed by atoms with E-state index in [1.54, 1.807) is 56.3 Å². The largest absolute Gasteiger partial charge is 0.459 e. The van der Waals surface area contributed by atoms with Crippen LogP contribution in [0.25, 0.3) is 0 Å². The molecule has 40 heavy (non-hydrogen) atoms. The van der Waals surface area contributed by atoms with Crippen molar-refractivity contribution in [2.75, 3.05) is 11.1 Å². The molecule has 9 nitrogen and oxygen atoms in total. The summed E-state index contributed by atoms with van der Waals surface area (Å²) in [5.41, 5.74) is 1.11. The summed E-state index contributed by atoms with van der Waals surface area (Å²) in [6.07, 6.45) is 1.44. The number of esters is 1. The fourth-order valence-corrected chi connectivity index (χ4v) is 4.94. The normalized spacial score (nSPS) is 11.8. The van der Waals surface area contributed by atoms with E-state index in [1.165, 1.54) is 17.8 Å². The maximum atomic E-state index is 13.0. The van der Waals surface area contributed by atoms with Crippen LogP contribution in [0, 0.1) is 5.92 Å². The average molecular weight is 605 g/mol. The van der Waals surface area contributed by atoms with E-state index in [0.717, 1.165) is 0 Å². The summed E-state index contributed by atoms with van der Waals surface area (Å²) in [4.78, 5) is 37.9. The number of anilines is 1. The van der Waals surface area contributed by atoms with Gasteiger partial charge in [-0.15, -0.1) is 16.8 Å². The van der Waals surface area contributed by atoms with Crippen molar-refractivity contribution in [1.82, 2.24) is 20.1 Å². The number of nitrogens with one attached hydrogen (secondary N) is 2. The van der Waals surface area contributed by atoms with E-state index in [9.17, 15) is 14.4 Å². The Morgan fingerprint density at radius 1 is 1.10 bits per heavy atom. The third kappa shape index (κ3) is 8.33. The van der Waals surface area contributed by atoms with Crippen molar-refractivity contribution >= 4 is 58.4 Å². The Labute approximate surface area is 247 Å². The summed E-state index contributed by atoms with van der Waals surface area (Å²) in [6, 6.07) is 10.7. The van der Waals surface area contributed by atoms with Crippen LogP contribution in [0.15, 0.2) is 60.3 Å². The molecule has 1 aromatic heterocycles.